The lowest BCUT2D eigenvalue weighted by atomic mass is 10.1. The second-order valence-electron chi connectivity index (χ2n) is 4.02. The molecular formula is C12H15N3O2. The summed E-state index contributed by atoms with van der Waals surface area (Å²) < 4.78 is 11.1. The lowest BCUT2D eigenvalue weighted by Gasteiger charge is -2.22. The van der Waals surface area contributed by atoms with Crippen LogP contribution >= 0.6 is 0 Å². The highest BCUT2D eigenvalue weighted by Gasteiger charge is 2.15. The third kappa shape index (κ3) is 3.08. The van der Waals surface area contributed by atoms with Gasteiger partial charge in [-0.05, 0) is 19.3 Å². The van der Waals surface area contributed by atoms with Crippen molar-refractivity contribution >= 4 is 5.82 Å². The van der Waals surface area contributed by atoms with Crippen LogP contribution in [0, 0.1) is 11.3 Å². The lowest BCUT2D eigenvalue weighted by Crippen LogP contribution is -2.26. The van der Waals surface area contributed by atoms with Crippen molar-refractivity contribution in [2.24, 2.45) is 0 Å². The molecule has 2 rings (SSSR count). The molecular weight excluding hydrogens is 218 g/mol. The van der Waals surface area contributed by atoms with Crippen molar-refractivity contribution in [3.63, 3.8) is 0 Å². The molecule has 1 aromatic heterocycles. The van der Waals surface area contributed by atoms with Gasteiger partial charge < -0.3 is 15.2 Å². The van der Waals surface area contributed by atoms with Gasteiger partial charge in [-0.25, -0.2) is 4.98 Å². The number of nitriles is 1. The van der Waals surface area contributed by atoms with Gasteiger partial charge in [0, 0.05) is 12.7 Å². The molecule has 5 nitrogen and oxygen atoms in total. The molecule has 0 aromatic carbocycles. The number of anilines is 1. The minimum Gasteiger partial charge on any atom is -0.489 e. The largest absolute Gasteiger partial charge is 0.489 e. The number of nitrogen functional groups attached to an aromatic ring is 1. The average molecular weight is 233 g/mol. The van der Waals surface area contributed by atoms with Crippen LogP contribution in [0.2, 0.25) is 0 Å². The molecule has 2 N–H and O–H groups in total. The van der Waals surface area contributed by atoms with Crippen molar-refractivity contribution < 1.29 is 9.47 Å². The van der Waals surface area contributed by atoms with E-state index in [4.69, 9.17) is 20.5 Å². The minimum atomic E-state index is 0.115. The summed E-state index contributed by atoms with van der Waals surface area (Å²) >= 11 is 0. The summed E-state index contributed by atoms with van der Waals surface area (Å²) in [5.74, 6) is 0.831. The SMILES string of the molecule is N#Cc1cnc(N)cc1OC[C@@H]1CCCCO1. The molecule has 0 aliphatic carbocycles. The zero-order chi connectivity index (χ0) is 12.1. The fraction of sp³-hybridized carbons (Fsp3) is 0.500. The molecule has 1 saturated heterocycles. The highest BCUT2D eigenvalue weighted by molar-refractivity contribution is 5.47. The molecule has 0 amide bonds. The number of hydrogen-bond donors (Lipinski definition) is 1. The Balaban J connectivity index is 1.98. The average Bonchev–Trinajstić information content (AvgIpc) is 2.38. The second kappa shape index (κ2) is 5.51. The van der Waals surface area contributed by atoms with Crippen molar-refractivity contribution in [2.45, 2.75) is 25.4 Å². The molecule has 2 heterocycles. The van der Waals surface area contributed by atoms with Crippen molar-refractivity contribution in [3.8, 4) is 11.8 Å². The first kappa shape index (κ1) is 11.7. The van der Waals surface area contributed by atoms with E-state index in [-0.39, 0.29) is 6.10 Å². The van der Waals surface area contributed by atoms with Gasteiger partial charge in [-0.3, -0.25) is 0 Å². The standard InChI is InChI=1S/C12H15N3O2/c13-6-9-7-15-12(14)5-11(9)17-8-10-3-1-2-4-16-10/h5,7,10H,1-4,8H2,(H2,14,15)/t10-/m0/s1. The lowest BCUT2D eigenvalue weighted by molar-refractivity contribution is -0.0111. The number of rotatable bonds is 3. The summed E-state index contributed by atoms with van der Waals surface area (Å²) in [5.41, 5.74) is 5.96. The van der Waals surface area contributed by atoms with E-state index in [1.807, 2.05) is 6.07 Å². The topological polar surface area (TPSA) is 81.2 Å². The Bertz CT molecular complexity index is 422. The van der Waals surface area contributed by atoms with Crippen LogP contribution < -0.4 is 10.5 Å². The Morgan fingerprint density at radius 2 is 2.47 bits per heavy atom. The maximum Gasteiger partial charge on any atom is 0.142 e. The highest BCUT2D eigenvalue weighted by atomic mass is 16.5. The zero-order valence-electron chi connectivity index (χ0n) is 9.56. The van der Waals surface area contributed by atoms with Crippen molar-refractivity contribution in [1.82, 2.24) is 4.98 Å². The molecule has 1 fully saturated rings. The molecule has 90 valence electrons. The van der Waals surface area contributed by atoms with E-state index in [0.29, 0.717) is 23.7 Å². The maximum atomic E-state index is 8.90. The van der Waals surface area contributed by atoms with Gasteiger partial charge in [-0.15, -0.1) is 0 Å². The van der Waals surface area contributed by atoms with Gasteiger partial charge in [0.15, 0.2) is 0 Å². The molecule has 0 spiro atoms. The summed E-state index contributed by atoms with van der Waals surface area (Å²) in [6, 6.07) is 3.60. The molecule has 1 aliphatic rings. The van der Waals surface area contributed by atoms with Gasteiger partial charge in [0.1, 0.15) is 29.8 Å². The van der Waals surface area contributed by atoms with E-state index in [9.17, 15) is 0 Å². The van der Waals surface area contributed by atoms with E-state index in [2.05, 4.69) is 4.98 Å². The highest BCUT2D eigenvalue weighted by Crippen LogP contribution is 2.20. The Morgan fingerprint density at radius 3 is 3.18 bits per heavy atom. The Labute approximate surface area is 100 Å². The number of nitrogens with two attached hydrogens (primary N) is 1. The minimum absolute atomic E-state index is 0.115. The zero-order valence-corrected chi connectivity index (χ0v) is 9.56. The molecule has 5 heteroatoms. The molecule has 17 heavy (non-hydrogen) atoms. The number of hydrogen-bond acceptors (Lipinski definition) is 5. The van der Waals surface area contributed by atoms with Gasteiger partial charge in [0.05, 0.1) is 12.3 Å². The quantitative estimate of drug-likeness (QED) is 0.855. The summed E-state index contributed by atoms with van der Waals surface area (Å²) in [7, 11) is 0. The predicted molar refractivity (Wildman–Crippen MR) is 62.5 cm³/mol. The second-order valence-corrected chi connectivity index (χ2v) is 4.02. The number of nitrogens with zero attached hydrogens (tertiary/aromatic N) is 2. The van der Waals surface area contributed by atoms with E-state index in [1.165, 1.54) is 6.20 Å². The van der Waals surface area contributed by atoms with E-state index >= 15 is 0 Å². The summed E-state index contributed by atoms with van der Waals surface area (Å²) in [6.45, 7) is 1.25. The third-order valence-electron chi connectivity index (χ3n) is 2.71. The van der Waals surface area contributed by atoms with Crippen molar-refractivity contribution in [2.75, 3.05) is 18.9 Å². The van der Waals surface area contributed by atoms with Crippen LogP contribution in [0.3, 0.4) is 0 Å². The maximum absolute atomic E-state index is 8.90. The van der Waals surface area contributed by atoms with Crippen LogP contribution in [0.4, 0.5) is 5.82 Å². The molecule has 0 radical (unpaired) electrons. The van der Waals surface area contributed by atoms with Crippen LogP contribution in [0.25, 0.3) is 0 Å². The first-order valence-corrected chi connectivity index (χ1v) is 5.69. The van der Waals surface area contributed by atoms with Gasteiger partial charge >= 0.3 is 0 Å². The Kier molecular flexibility index (Phi) is 3.78. The summed E-state index contributed by atoms with van der Waals surface area (Å²) in [6.07, 6.45) is 4.82. The fourth-order valence-electron chi connectivity index (χ4n) is 1.78. The predicted octanol–water partition coefficient (Wildman–Crippen LogP) is 1.48. The van der Waals surface area contributed by atoms with Crippen LogP contribution in [0.15, 0.2) is 12.3 Å². The number of pyridine rings is 1. The first-order valence-electron chi connectivity index (χ1n) is 5.69. The molecule has 1 aliphatic heterocycles. The molecule has 0 saturated carbocycles. The number of ether oxygens (including phenoxy) is 2. The van der Waals surface area contributed by atoms with E-state index < -0.39 is 0 Å². The smallest absolute Gasteiger partial charge is 0.142 e. The molecule has 1 atom stereocenters. The van der Waals surface area contributed by atoms with Crippen LogP contribution in [-0.2, 0) is 4.74 Å². The fourth-order valence-corrected chi connectivity index (χ4v) is 1.78. The summed E-state index contributed by atoms with van der Waals surface area (Å²) in [4.78, 5) is 3.85. The van der Waals surface area contributed by atoms with Crippen LogP contribution in [-0.4, -0.2) is 24.3 Å². The third-order valence-corrected chi connectivity index (χ3v) is 2.71. The van der Waals surface area contributed by atoms with Crippen LogP contribution in [0.5, 0.6) is 5.75 Å². The van der Waals surface area contributed by atoms with Crippen molar-refractivity contribution in [3.05, 3.63) is 17.8 Å². The monoisotopic (exact) mass is 233 g/mol. The number of aromatic nitrogens is 1. The van der Waals surface area contributed by atoms with Gasteiger partial charge in [0.25, 0.3) is 0 Å². The van der Waals surface area contributed by atoms with E-state index in [0.717, 1.165) is 25.9 Å². The molecule has 0 bridgehead atoms. The van der Waals surface area contributed by atoms with Gasteiger partial charge in [-0.1, -0.05) is 0 Å². The Morgan fingerprint density at radius 1 is 1.59 bits per heavy atom. The Hall–Kier alpha value is -1.80. The van der Waals surface area contributed by atoms with Crippen LogP contribution in [0.1, 0.15) is 24.8 Å². The van der Waals surface area contributed by atoms with Crippen molar-refractivity contribution in [1.29, 1.82) is 5.26 Å². The van der Waals surface area contributed by atoms with Gasteiger partial charge in [-0.2, -0.15) is 5.26 Å². The molecule has 1 aromatic rings. The first-order chi connectivity index (χ1) is 8.29. The van der Waals surface area contributed by atoms with E-state index in [1.54, 1.807) is 6.07 Å². The normalized spacial score (nSPS) is 19.6. The summed E-state index contributed by atoms with van der Waals surface area (Å²) in [5, 5.41) is 8.90. The molecule has 0 unspecified atom stereocenters. The van der Waals surface area contributed by atoms with Gasteiger partial charge in [0.2, 0.25) is 0 Å².